The quantitative estimate of drug-likeness (QED) is 0.915. The van der Waals surface area contributed by atoms with Gasteiger partial charge in [-0.2, -0.15) is 0 Å². The summed E-state index contributed by atoms with van der Waals surface area (Å²) in [5.41, 5.74) is 8.75. The molecule has 3 heteroatoms. The highest BCUT2D eigenvalue weighted by Crippen LogP contribution is 2.22. The zero-order valence-electron chi connectivity index (χ0n) is 11.2. The zero-order chi connectivity index (χ0) is 13.8. The summed E-state index contributed by atoms with van der Waals surface area (Å²) in [7, 11) is 1.74. The molecule has 19 heavy (non-hydrogen) atoms. The Kier molecular flexibility index (Phi) is 3.97. The molecule has 2 rings (SSSR count). The number of rotatable bonds is 3. The molecule has 2 aromatic rings. The van der Waals surface area contributed by atoms with Gasteiger partial charge in [0.1, 0.15) is 0 Å². The molecule has 0 bridgehead atoms. The minimum atomic E-state index is -0.487. The molecule has 0 spiro atoms. The molecule has 0 aliphatic carbocycles. The van der Waals surface area contributed by atoms with E-state index in [9.17, 15) is 4.79 Å². The van der Waals surface area contributed by atoms with E-state index >= 15 is 0 Å². The van der Waals surface area contributed by atoms with E-state index < -0.39 is 6.04 Å². The van der Waals surface area contributed by atoms with Crippen LogP contribution >= 0.6 is 0 Å². The van der Waals surface area contributed by atoms with Crippen LogP contribution in [0.2, 0.25) is 0 Å². The topological polar surface area (TPSA) is 46.3 Å². The van der Waals surface area contributed by atoms with Crippen molar-refractivity contribution in [2.24, 2.45) is 5.73 Å². The van der Waals surface area contributed by atoms with E-state index in [1.54, 1.807) is 18.9 Å². The minimum absolute atomic E-state index is 0.0903. The molecule has 2 N–H and O–H groups in total. The zero-order valence-corrected chi connectivity index (χ0v) is 11.2. The maximum absolute atomic E-state index is 11.8. The van der Waals surface area contributed by atoms with Crippen molar-refractivity contribution >= 4 is 11.6 Å². The van der Waals surface area contributed by atoms with E-state index in [0.29, 0.717) is 0 Å². The van der Waals surface area contributed by atoms with Crippen molar-refractivity contribution in [2.45, 2.75) is 13.0 Å². The van der Waals surface area contributed by atoms with Crippen molar-refractivity contribution in [3.05, 3.63) is 54.6 Å². The van der Waals surface area contributed by atoms with Crippen LogP contribution in [0.1, 0.15) is 6.92 Å². The number of nitrogens with zero attached hydrogens (tertiary/aromatic N) is 1. The van der Waals surface area contributed by atoms with Gasteiger partial charge in [0.25, 0.3) is 0 Å². The van der Waals surface area contributed by atoms with Gasteiger partial charge in [0, 0.05) is 12.7 Å². The van der Waals surface area contributed by atoms with Gasteiger partial charge < -0.3 is 10.6 Å². The number of likely N-dealkylation sites (N-methyl/N-ethyl adjacent to an activating group) is 1. The normalized spacial score (nSPS) is 11.9. The summed E-state index contributed by atoms with van der Waals surface area (Å²) in [4.78, 5) is 13.4. The standard InChI is InChI=1S/C16H18N2O/c1-12(17)16(19)18(2)15-10-8-14(9-11-15)13-6-4-3-5-7-13/h3-12H,17H2,1-2H3. The monoisotopic (exact) mass is 254 g/mol. The SMILES string of the molecule is CC(N)C(=O)N(C)c1ccc(-c2ccccc2)cc1. The maximum atomic E-state index is 11.8. The van der Waals surface area contributed by atoms with Crippen molar-refractivity contribution in [1.82, 2.24) is 0 Å². The molecule has 0 aliphatic heterocycles. The van der Waals surface area contributed by atoms with Crippen LogP contribution in [0, 0.1) is 0 Å². The molecule has 0 saturated carbocycles. The third kappa shape index (κ3) is 3.01. The highest BCUT2D eigenvalue weighted by molar-refractivity contribution is 5.96. The lowest BCUT2D eigenvalue weighted by Gasteiger charge is -2.19. The molecule has 1 amide bonds. The van der Waals surface area contributed by atoms with Crippen LogP contribution in [0.15, 0.2) is 54.6 Å². The molecular formula is C16H18N2O. The Labute approximate surface area is 113 Å². The van der Waals surface area contributed by atoms with Crippen molar-refractivity contribution in [3.63, 3.8) is 0 Å². The fourth-order valence-electron chi connectivity index (χ4n) is 1.94. The number of anilines is 1. The predicted molar refractivity (Wildman–Crippen MR) is 78.9 cm³/mol. The summed E-state index contributed by atoms with van der Waals surface area (Å²) in [6.07, 6.45) is 0. The Bertz CT molecular complexity index is 547. The second kappa shape index (κ2) is 5.67. The summed E-state index contributed by atoms with van der Waals surface area (Å²) < 4.78 is 0. The molecule has 0 aromatic heterocycles. The Hall–Kier alpha value is -2.13. The second-order valence-electron chi connectivity index (χ2n) is 4.60. The summed E-state index contributed by atoms with van der Waals surface area (Å²) in [5, 5.41) is 0. The van der Waals surface area contributed by atoms with E-state index in [4.69, 9.17) is 5.73 Å². The minimum Gasteiger partial charge on any atom is -0.320 e. The smallest absolute Gasteiger partial charge is 0.243 e. The van der Waals surface area contributed by atoms with E-state index in [1.165, 1.54) is 0 Å². The van der Waals surface area contributed by atoms with Gasteiger partial charge in [0.05, 0.1) is 6.04 Å². The van der Waals surface area contributed by atoms with E-state index in [1.807, 2.05) is 42.5 Å². The molecule has 98 valence electrons. The van der Waals surface area contributed by atoms with Gasteiger partial charge in [0.15, 0.2) is 0 Å². The first-order valence-corrected chi connectivity index (χ1v) is 6.28. The number of carbonyl (C=O) groups is 1. The molecule has 0 fully saturated rings. The molecule has 0 aliphatic rings. The highest BCUT2D eigenvalue weighted by atomic mass is 16.2. The highest BCUT2D eigenvalue weighted by Gasteiger charge is 2.14. The molecule has 2 aromatic carbocycles. The summed E-state index contributed by atoms with van der Waals surface area (Å²) in [6, 6.07) is 17.5. The number of amides is 1. The number of nitrogens with two attached hydrogens (primary N) is 1. The Morgan fingerprint density at radius 2 is 1.53 bits per heavy atom. The van der Waals surface area contributed by atoms with Crippen LogP contribution in [-0.4, -0.2) is 19.0 Å². The fourth-order valence-corrected chi connectivity index (χ4v) is 1.94. The van der Waals surface area contributed by atoms with Crippen LogP contribution in [0.3, 0.4) is 0 Å². The average Bonchev–Trinajstić information content (AvgIpc) is 2.46. The van der Waals surface area contributed by atoms with Crippen molar-refractivity contribution in [3.8, 4) is 11.1 Å². The van der Waals surface area contributed by atoms with Gasteiger partial charge in [-0.3, -0.25) is 4.79 Å². The second-order valence-corrected chi connectivity index (χ2v) is 4.60. The van der Waals surface area contributed by atoms with Crippen molar-refractivity contribution in [1.29, 1.82) is 0 Å². The predicted octanol–water partition coefficient (Wildman–Crippen LogP) is 2.66. The summed E-state index contributed by atoms with van der Waals surface area (Å²) >= 11 is 0. The number of benzene rings is 2. The van der Waals surface area contributed by atoms with Gasteiger partial charge >= 0.3 is 0 Å². The largest absolute Gasteiger partial charge is 0.320 e. The fraction of sp³-hybridized carbons (Fsp3) is 0.188. The lowest BCUT2D eigenvalue weighted by molar-refractivity contribution is -0.119. The number of hydrogen-bond donors (Lipinski definition) is 1. The van der Waals surface area contributed by atoms with E-state index in [0.717, 1.165) is 16.8 Å². The lowest BCUT2D eigenvalue weighted by atomic mass is 10.1. The first kappa shape index (κ1) is 13.3. The van der Waals surface area contributed by atoms with E-state index in [-0.39, 0.29) is 5.91 Å². The Balaban J connectivity index is 2.22. The Morgan fingerprint density at radius 3 is 2.05 bits per heavy atom. The van der Waals surface area contributed by atoms with Crippen LogP contribution in [-0.2, 0) is 4.79 Å². The number of hydrogen-bond acceptors (Lipinski definition) is 2. The molecule has 1 unspecified atom stereocenters. The van der Waals surface area contributed by atoms with Gasteiger partial charge in [-0.25, -0.2) is 0 Å². The Morgan fingerprint density at radius 1 is 1.00 bits per heavy atom. The van der Waals surface area contributed by atoms with Crippen molar-refractivity contribution in [2.75, 3.05) is 11.9 Å². The molecule has 0 radical (unpaired) electrons. The lowest BCUT2D eigenvalue weighted by Crippen LogP contribution is -2.39. The molecule has 0 heterocycles. The van der Waals surface area contributed by atoms with Crippen molar-refractivity contribution < 1.29 is 4.79 Å². The molecule has 1 atom stereocenters. The van der Waals surface area contributed by atoms with Crippen LogP contribution < -0.4 is 10.6 Å². The molecule has 3 nitrogen and oxygen atoms in total. The molecular weight excluding hydrogens is 236 g/mol. The first-order valence-electron chi connectivity index (χ1n) is 6.28. The molecule has 0 saturated heterocycles. The van der Waals surface area contributed by atoms with Gasteiger partial charge in [-0.15, -0.1) is 0 Å². The van der Waals surface area contributed by atoms with E-state index in [2.05, 4.69) is 12.1 Å². The van der Waals surface area contributed by atoms with Crippen LogP contribution in [0.25, 0.3) is 11.1 Å². The van der Waals surface area contributed by atoms with Gasteiger partial charge in [-0.1, -0.05) is 42.5 Å². The van der Waals surface area contributed by atoms with Gasteiger partial charge in [-0.05, 0) is 30.2 Å². The maximum Gasteiger partial charge on any atom is 0.243 e. The number of carbonyl (C=O) groups excluding carboxylic acids is 1. The van der Waals surface area contributed by atoms with Gasteiger partial charge in [0.2, 0.25) is 5.91 Å². The first-order chi connectivity index (χ1) is 9.09. The third-order valence-electron chi connectivity index (χ3n) is 3.08. The third-order valence-corrected chi connectivity index (χ3v) is 3.08. The van der Waals surface area contributed by atoms with Crippen LogP contribution in [0.5, 0.6) is 0 Å². The summed E-state index contributed by atoms with van der Waals surface area (Å²) in [5.74, 6) is -0.0903. The summed E-state index contributed by atoms with van der Waals surface area (Å²) in [6.45, 7) is 1.69. The average molecular weight is 254 g/mol. The van der Waals surface area contributed by atoms with Crippen LogP contribution in [0.4, 0.5) is 5.69 Å².